The van der Waals surface area contributed by atoms with Gasteiger partial charge in [-0.1, -0.05) is 11.6 Å². The molecule has 1 aromatic carbocycles. The van der Waals surface area contributed by atoms with Gasteiger partial charge in [-0.25, -0.2) is 13.2 Å². The lowest BCUT2D eigenvalue weighted by atomic mass is 10.1. The summed E-state index contributed by atoms with van der Waals surface area (Å²) in [6.07, 6.45) is -2.75. The highest BCUT2D eigenvalue weighted by Gasteiger charge is 2.20. The zero-order chi connectivity index (χ0) is 11.4. The molecule has 0 aromatic heterocycles. The average molecular weight is 239 g/mol. The fourth-order valence-electron chi connectivity index (χ4n) is 1.16. The highest BCUT2D eigenvalue weighted by Crippen LogP contribution is 2.20. The molecule has 0 amide bonds. The molecule has 3 N–H and O–H groups in total. The minimum Gasteiger partial charge on any atom is -0.271 e. The molecule has 0 aliphatic heterocycles. The highest BCUT2D eigenvalue weighted by atomic mass is 35.5. The zero-order valence-corrected chi connectivity index (χ0v) is 8.44. The molecule has 0 radical (unpaired) electrons. The number of hydrogen-bond donors (Lipinski definition) is 2. The molecule has 0 heterocycles. The van der Waals surface area contributed by atoms with Gasteiger partial charge in [-0.15, -0.1) is 0 Å². The van der Waals surface area contributed by atoms with Gasteiger partial charge in [0.15, 0.2) is 0 Å². The molecule has 0 fully saturated rings. The van der Waals surface area contributed by atoms with Gasteiger partial charge < -0.3 is 0 Å². The largest absolute Gasteiger partial charge is 0.271 e. The normalized spacial score (nSPS) is 13.2. The Kier molecular flexibility index (Phi) is 4.38. The van der Waals surface area contributed by atoms with Crippen LogP contribution in [0.4, 0.5) is 13.2 Å². The number of hydrogen-bond acceptors (Lipinski definition) is 2. The number of hydrazine groups is 1. The van der Waals surface area contributed by atoms with Crippen molar-refractivity contribution < 1.29 is 13.2 Å². The molecule has 6 heteroatoms. The van der Waals surface area contributed by atoms with Crippen molar-refractivity contribution in [1.29, 1.82) is 0 Å². The first-order chi connectivity index (χ1) is 7.04. The van der Waals surface area contributed by atoms with Crippen molar-refractivity contribution in [2.75, 3.05) is 0 Å². The molecule has 0 bridgehead atoms. The Labute approximate surface area is 90.2 Å². The summed E-state index contributed by atoms with van der Waals surface area (Å²) in [6.45, 7) is 0. The average Bonchev–Trinajstić information content (AvgIpc) is 2.18. The van der Waals surface area contributed by atoms with E-state index in [1.807, 2.05) is 5.43 Å². The molecule has 1 rings (SSSR count). The van der Waals surface area contributed by atoms with Gasteiger partial charge in [-0.05, 0) is 30.2 Å². The lowest BCUT2D eigenvalue weighted by Crippen LogP contribution is -2.42. The van der Waals surface area contributed by atoms with E-state index in [2.05, 4.69) is 0 Å². The van der Waals surface area contributed by atoms with Crippen molar-refractivity contribution in [3.63, 3.8) is 0 Å². The van der Waals surface area contributed by atoms with Gasteiger partial charge in [-0.3, -0.25) is 11.3 Å². The van der Waals surface area contributed by atoms with Crippen LogP contribution in [0, 0.1) is 5.82 Å². The molecule has 15 heavy (non-hydrogen) atoms. The molecule has 0 saturated carbocycles. The van der Waals surface area contributed by atoms with Crippen LogP contribution in [-0.2, 0) is 6.42 Å². The van der Waals surface area contributed by atoms with E-state index in [4.69, 9.17) is 17.4 Å². The van der Waals surface area contributed by atoms with Crippen LogP contribution in [-0.4, -0.2) is 12.5 Å². The molecule has 0 aliphatic carbocycles. The van der Waals surface area contributed by atoms with Crippen LogP contribution in [0.15, 0.2) is 18.2 Å². The third kappa shape index (κ3) is 3.37. The van der Waals surface area contributed by atoms with Gasteiger partial charge in [0.25, 0.3) is 6.43 Å². The van der Waals surface area contributed by atoms with E-state index in [1.54, 1.807) is 0 Å². The molecule has 0 spiro atoms. The Morgan fingerprint density at radius 2 is 2.07 bits per heavy atom. The quantitative estimate of drug-likeness (QED) is 0.623. The fraction of sp³-hybridized carbons (Fsp3) is 0.333. The van der Waals surface area contributed by atoms with Crippen molar-refractivity contribution >= 4 is 11.6 Å². The van der Waals surface area contributed by atoms with Crippen molar-refractivity contribution in [1.82, 2.24) is 5.43 Å². The Morgan fingerprint density at radius 3 is 2.60 bits per heavy atom. The van der Waals surface area contributed by atoms with E-state index in [9.17, 15) is 13.2 Å². The molecule has 84 valence electrons. The summed E-state index contributed by atoms with van der Waals surface area (Å²) in [6, 6.07) is 2.38. The minimum atomic E-state index is -2.63. The smallest absolute Gasteiger partial charge is 0.255 e. The zero-order valence-electron chi connectivity index (χ0n) is 7.68. The third-order valence-electron chi connectivity index (χ3n) is 1.97. The first-order valence-electron chi connectivity index (χ1n) is 4.22. The second-order valence-electron chi connectivity index (χ2n) is 3.05. The van der Waals surface area contributed by atoms with Crippen LogP contribution < -0.4 is 11.3 Å². The highest BCUT2D eigenvalue weighted by molar-refractivity contribution is 6.31. The van der Waals surface area contributed by atoms with Gasteiger partial charge in [0.2, 0.25) is 0 Å². The van der Waals surface area contributed by atoms with Crippen LogP contribution >= 0.6 is 11.6 Å². The molecule has 0 aliphatic rings. The number of nitrogens with one attached hydrogen (secondary N) is 1. The van der Waals surface area contributed by atoms with E-state index in [-0.39, 0.29) is 11.4 Å². The lowest BCUT2D eigenvalue weighted by Gasteiger charge is -2.15. The Hall–Kier alpha value is -0.780. The summed E-state index contributed by atoms with van der Waals surface area (Å²) >= 11 is 5.72. The summed E-state index contributed by atoms with van der Waals surface area (Å²) < 4.78 is 37.5. The SMILES string of the molecule is NNC(Cc1cc(F)ccc1Cl)C(F)F. The number of nitrogens with two attached hydrogens (primary N) is 1. The molecular formula is C9H10ClF3N2. The first-order valence-corrected chi connectivity index (χ1v) is 4.60. The lowest BCUT2D eigenvalue weighted by molar-refractivity contribution is 0.0984. The number of alkyl halides is 2. The summed E-state index contributed by atoms with van der Waals surface area (Å²) in [5.41, 5.74) is 2.27. The van der Waals surface area contributed by atoms with Crippen LogP contribution in [0.1, 0.15) is 5.56 Å². The number of rotatable bonds is 4. The van der Waals surface area contributed by atoms with E-state index >= 15 is 0 Å². The maximum Gasteiger partial charge on any atom is 0.255 e. The fourth-order valence-corrected chi connectivity index (χ4v) is 1.35. The molecule has 2 nitrogen and oxygen atoms in total. The monoisotopic (exact) mass is 238 g/mol. The van der Waals surface area contributed by atoms with Crippen molar-refractivity contribution in [2.24, 2.45) is 5.84 Å². The topological polar surface area (TPSA) is 38.0 Å². The standard InChI is InChI=1S/C9H10ClF3N2/c10-7-2-1-6(11)3-5(7)4-8(15-14)9(12)13/h1-3,8-9,15H,4,14H2. The summed E-state index contributed by atoms with van der Waals surface area (Å²) in [5, 5.41) is 0.248. The second-order valence-corrected chi connectivity index (χ2v) is 3.45. The van der Waals surface area contributed by atoms with Crippen molar-refractivity contribution in [3.8, 4) is 0 Å². The summed E-state index contributed by atoms with van der Waals surface area (Å²) in [5.74, 6) is 4.43. The summed E-state index contributed by atoms with van der Waals surface area (Å²) in [4.78, 5) is 0. The van der Waals surface area contributed by atoms with Gasteiger partial charge >= 0.3 is 0 Å². The van der Waals surface area contributed by atoms with Gasteiger partial charge in [-0.2, -0.15) is 0 Å². The third-order valence-corrected chi connectivity index (χ3v) is 2.33. The van der Waals surface area contributed by atoms with Crippen molar-refractivity contribution in [3.05, 3.63) is 34.6 Å². The Morgan fingerprint density at radius 1 is 1.40 bits per heavy atom. The van der Waals surface area contributed by atoms with E-state index < -0.39 is 18.3 Å². The predicted octanol–water partition coefficient (Wildman–Crippen LogP) is 2.12. The number of benzene rings is 1. The van der Waals surface area contributed by atoms with Crippen LogP contribution in [0.25, 0.3) is 0 Å². The maximum atomic E-state index is 12.8. The predicted molar refractivity (Wildman–Crippen MR) is 52.2 cm³/mol. The van der Waals surface area contributed by atoms with Gasteiger partial charge in [0.1, 0.15) is 5.82 Å². The van der Waals surface area contributed by atoms with Crippen LogP contribution in [0.3, 0.4) is 0 Å². The van der Waals surface area contributed by atoms with E-state index in [1.165, 1.54) is 12.1 Å². The van der Waals surface area contributed by atoms with Gasteiger partial charge in [0, 0.05) is 5.02 Å². The molecule has 1 unspecified atom stereocenters. The molecule has 1 aromatic rings. The Balaban J connectivity index is 2.82. The Bertz CT molecular complexity index is 333. The molecule has 1 atom stereocenters. The van der Waals surface area contributed by atoms with E-state index in [0.29, 0.717) is 5.56 Å². The second kappa shape index (κ2) is 5.34. The maximum absolute atomic E-state index is 12.8. The first kappa shape index (κ1) is 12.3. The van der Waals surface area contributed by atoms with Crippen LogP contribution in [0.5, 0.6) is 0 Å². The van der Waals surface area contributed by atoms with Crippen molar-refractivity contribution in [2.45, 2.75) is 18.9 Å². The molecule has 0 saturated heterocycles. The number of halogens is 4. The summed E-state index contributed by atoms with van der Waals surface area (Å²) in [7, 11) is 0. The minimum absolute atomic E-state index is 0.120. The molecular weight excluding hydrogens is 229 g/mol. The van der Waals surface area contributed by atoms with E-state index in [0.717, 1.165) is 6.07 Å². The van der Waals surface area contributed by atoms with Gasteiger partial charge in [0.05, 0.1) is 6.04 Å². The van der Waals surface area contributed by atoms with Crippen LogP contribution in [0.2, 0.25) is 5.02 Å².